The lowest BCUT2D eigenvalue weighted by molar-refractivity contribution is -0.137. The third-order valence-corrected chi connectivity index (χ3v) is 6.01. The number of carboxylic acids is 1. The van der Waals surface area contributed by atoms with Crippen molar-refractivity contribution in [2.24, 2.45) is 4.99 Å². The number of aryl methyl sites for hydroxylation is 1. The topological polar surface area (TPSA) is 161 Å². The number of hydrogen-bond acceptors (Lipinski definition) is 7. The number of nitrogens with one attached hydrogen (secondary N) is 5. The fraction of sp³-hybridized carbons (Fsp3) is 0.292. The molecule has 0 radical (unpaired) electrons. The zero-order valence-electron chi connectivity index (χ0n) is 19.8. The number of carbonyl (C=O) groups excluding carboxylic acids is 2. The van der Waals surface area contributed by atoms with Crippen LogP contribution in [0.2, 0.25) is 5.02 Å². The predicted octanol–water partition coefficient (Wildman–Crippen LogP) is 2.30. The number of alkyl halides is 1. The van der Waals surface area contributed by atoms with E-state index in [1.807, 2.05) is 6.92 Å². The van der Waals surface area contributed by atoms with Gasteiger partial charge in [0.15, 0.2) is 5.96 Å². The molecule has 3 aromatic rings. The molecule has 194 valence electrons. The van der Waals surface area contributed by atoms with E-state index in [4.69, 9.17) is 11.6 Å². The number of carbonyl (C=O) groups is 3. The molecular weight excluding hydrogens is 505 g/mol. The van der Waals surface area contributed by atoms with Crippen LogP contribution in [0.4, 0.5) is 10.1 Å². The van der Waals surface area contributed by atoms with E-state index in [0.717, 1.165) is 5.56 Å². The number of fused-ring (bicyclic) bond motifs is 1. The number of rotatable bonds is 8. The average Bonchev–Trinajstić information content (AvgIpc) is 3.34. The van der Waals surface area contributed by atoms with Crippen LogP contribution in [0.5, 0.6) is 0 Å². The van der Waals surface area contributed by atoms with Gasteiger partial charge in [-0.2, -0.15) is 5.10 Å². The summed E-state index contributed by atoms with van der Waals surface area (Å²) in [5.41, 5.74) is 2.64. The molecule has 1 aromatic heterocycles. The first-order valence-electron chi connectivity index (χ1n) is 11.4. The predicted molar refractivity (Wildman–Crippen MR) is 137 cm³/mol. The van der Waals surface area contributed by atoms with E-state index in [-0.39, 0.29) is 25.1 Å². The molecule has 0 bridgehead atoms. The van der Waals surface area contributed by atoms with Crippen LogP contribution in [0, 0.1) is 6.92 Å². The monoisotopic (exact) mass is 529 g/mol. The molecule has 1 unspecified atom stereocenters. The van der Waals surface area contributed by atoms with Crippen molar-refractivity contribution in [3.63, 3.8) is 0 Å². The SMILES string of the molecule is Cc1ccc(Cl)c([C@H](CC(=O)O)NC(=O)CNC(=O)c2cc(NC3=NCC(F)CN3)c3cn[nH]c3c2)c1. The van der Waals surface area contributed by atoms with Crippen molar-refractivity contribution in [2.45, 2.75) is 25.6 Å². The van der Waals surface area contributed by atoms with E-state index in [0.29, 0.717) is 33.1 Å². The number of amides is 2. The molecular formula is C24H25ClFN7O4. The van der Waals surface area contributed by atoms with Gasteiger partial charge in [-0.1, -0.05) is 29.3 Å². The fourth-order valence-corrected chi connectivity index (χ4v) is 4.12. The number of aliphatic imine (C=N–C) groups is 1. The van der Waals surface area contributed by atoms with E-state index in [9.17, 15) is 23.9 Å². The second kappa shape index (κ2) is 11.2. The standard InChI is InChI=1S/C24H25ClFN7O4/c1-12-2-3-17(25)15(4-12)19(7-22(35)36)31-21(34)11-27-23(37)13-5-18(16-10-30-33-20(16)6-13)32-24-28-8-14(26)9-29-24/h2-6,10,14,19H,7-9,11H2,1H3,(H,27,37)(H,30,33)(H,31,34)(H,35,36)(H2,28,29,32)/t19-/m0/s1. The highest BCUT2D eigenvalue weighted by atomic mass is 35.5. The molecule has 0 aliphatic carbocycles. The lowest BCUT2D eigenvalue weighted by Crippen LogP contribution is -2.41. The van der Waals surface area contributed by atoms with Crippen molar-refractivity contribution in [1.29, 1.82) is 0 Å². The molecule has 2 amide bonds. The van der Waals surface area contributed by atoms with Crippen molar-refractivity contribution >= 4 is 51.9 Å². The molecule has 0 fully saturated rings. The summed E-state index contributed by atoms with van der Waals surface area (Å²) in [4.78, 5) is 41.0. The number of carboxylic acid groups (broad SMARTS) is 1. The zero-order chi connectivity index (χ0) is 26.5. The Morgan fingerprint density at radius 1 is 1.27 bits per heavy atom. The summed E-state index contributed by atoms with van der Waals surface area (Å²) < 4.78 is 13.4. The molecule has 0 saturated heterocycles. The van der Waals surface area contributed by atoms with Gasteiger partial charge < -0.3 is 26.4 Å². The Morgan fingerprint density at radius 2 is 2.08 bits per heavy atom. The first kappa shape index (κ1) is 25.9. The fourth-order valence-electron chi connectivity index (χ4n) is 3.87. The lowest BCUT2D eigenvalue weighted by Gasteiger charge is -2.20. The van der Waals surface area contributed by atoms with Gasteiger partial charge in [0.2, 0.25) is 5.91 Å². The third kappa shape index (κ3) is 6.53. The Balaban J connectivity index is 1.45. The second-order valence-electron chi connectivity index (χ2n) is 8.57. The number of benzene rings is 2. The Labute approximate surface area is 215 Å². The van der Waals surface area contributed by atoms with E-state index in [2.05, 4.69) is 36.5 Å². The molecule has 4 rings (SSSR count). The molecule has 13 heteroatoms. The maximum Gasteiger partial charge on any atom is 0.305 e. The normalized spacial score (nSPS) is 15.9. The molecule has 6 N–H and O–H groups in total. The largest absolute Gasteiger partial charge is 0.481 e. The highest BCUT2D eigenvalue weighted by Gasteiger charge is 2.22. The van der Waals surface area contributed by atoms with Gasteiger partial charge >= 0.3 is 5.97 Å². The molecule has 37 heavy (non-hydrogen) atoms. The number of nitrogens with zero attached hydrogens (tertiary/aromatic N) is 2. The maximum atomic E-state index is 13.4. The number of H-pyrrole nitrogens is 1. The molecule has 1 aliphatic rings. The van der Waals surface area contributed by atoms with Crippen LogP contribution in [0.25, 0.3) is 10.9 Å². The first-order chi connectivity index (χ1) is 17.7. The van der Waals surface area contributed by atoms with Crippen molar-refractivity contribution in [2.75, 3.05) is 25.0 Å². The van der Waals surface area contributed by atoms with Crippen LogP contribution in [-0.2, 0) is 9.59 Å². The summed E-state index contributed by atoms with van der Waals surface area (Å²) in [6.45, 7) is 1.57. The maximum absolute atomic E-state index is 13.4. The minimum atomic E-state index is -1.11. The molecule has 0 spiro atoms. The van der Waals surface area contributed by atoms with Crippen LogP contribution in [-0.4, -0.2) is 64.9 Å². The van der Waals surface area contributed by atoms with E-state index < -0.39 is 36.5 Å². The summed E-state index contributed by atoms with van der Waals surface area (Å²) in [6, 6.07) is 7.39. The van der Waals surface area contributed by atoms with E-state index in [1.54, 1.807) is 36.5 Å². The average molecular weight is 530 g/mol. The van der Waals surface area contributed by atoms with Gasteiger partial charge in [0.05, 0.1) is 49.5 Å². The summed E-state index contributed by atoms with van der Waals surface area (Å²) in [7, 11) is 0. The van der Waals surface area contributed by atoms with Gasteiger partial charge in [-0.25, -0.2) is 9.38 Å². The third-order valence-electron chi connectivity index (χ3n) is 5.66. The van der Waals surface area contributed by atoms with Crippen molar-refractivity contribution in [3.8, 4) is 0 Å². The Hall–Kier alpha value is -4.19. The van der Waals surface area contributed by atoms with Gasteiger partial charge in [-0.05, 0) is 30.7 Å². The van der Waals surface area contributed by atoms with E-state index in [1.165, 1.54) is 0 Å². The Morgan fingerprint density at radius 3 is 2.81 bits per heavy atom. The number of halogens is 2. The van der Waals surface area contributed by atoms with Crippen LogP contribution in [0.15, 0.2) is 41.5 Å². The molecule has 11 nitrogen and oxygen atoms in total. The smallest absolute Gasteiger partial charge is 0.305 e. The number of anilines is 1. The zero-order valence-corrected chi connectivity index (χ0v) is 20.5. The number of aromatic amines is 1. The van der Waals surface area contributed by atoms with E-state index >= 15 is 0 Å². The summed E-state index contributed by atoms with van der Waals surface area (Å²) in [5.74, 6) is -1.87. The van der Waals surface area contributed by atoms with Crippen LogP contribution in [0.3, 0.4) is 0 Å². The molecule has 0 saturated carbocycles. The van der Waals surface area contributed by atoms with Crippen LogP contribution in [0.1, 0.15) is 33.9 Å². The second-order valence-corrected chi connectivity index (χ2v) is 8.98. The van der Waals surface area contributed by atoms with Gasteiger partial charge in [0.1, 0.15) is 6.17 Å². The van der Waals surface area contributed by atoms with Crippen LogP contribution < -0.4 is 21.3 Å². The first-order valence-corrected chi connectivity index (χ1v) is 11.8. The number of guanidine groups is 1. The Bertz CT molecular complexity index is 1380. The van der Waals surface area contributed by atoms with Gasteiger partial charge in [-0.3, -0.25) is 19.5 Å². The quantitative estimate of drug-likeness (QED) is 0.261. The number of aliphatic carboxylic acids is 1. The Kier molecular flexibility index (Phi) is 7.87. The van der Waals surface area contributed by atoms with Crippen molar-refractivity contribution in [3.05, 3.63) is 58.2 Å². The van der Waals surface area contributed by atoms with Crippen molar-refractivity contribution in [1.82, 2.24) is 26.1 Å². The molecule has 2 heterocycles. The van der Waals surface area contributed by atoms with Crippen LogP contribution >= 0.6 is 11.6 Å². The van der Waals surface area contributed by atoms with Gasteiger partial charge in [0, 0.05) is 16.0 Å². The lowest BCUT2D eigenvalue weighted by atomic mass is 10.0. The van der Waals surface area contributed by atoms with Gasteiger partial charge in [-0.15, -0.1) is 0 Å². The minimum Gasteiger partial charge on any atom is -0.481 e. The molecule has 1 aliphatic heterocycles. The van der Waals surface area contributed by atoms with Gasteiger partial charge in [0.25, 0.3) is 5.91 Å². The number of hydrogen-bond donors (Lipinski definition) is 6. The van der Waals surface area contributed by atoms with Crippen molar-refractivity contribution < 1.29 is 23.9 Å². The highest BCUT2D eigenvalue weighted by molar-refractivity contribution is 6.31. The minimum absolute atomic E-state index is 0.0236. The summed E-state index contributed by atoms with van der Waals surface area (Å²) in [6.07, 6.45) is 0.127. The molecule has 2 atom stereocenters. The summed E-state index contributed by atoms with van der Waals surface area (Å²) >= 11 is 6.24. The summed E-state index contributed by atoms with van der Waals surface area (Å²) in [5, 5.41) is 28.2. The highest BCUT2D eigenvalue weighted by Crippen LogP contribution is 2.27. The number of aromatic nitrogens is 2. The molecule has 2 aromatic carbocycles.